The number of nitrogens with one attached hydrogen (secondary N) is 2. The Morgan fingerprint density at radius 3 is 2.70 bits per heavy atom. The first-order valence-electron chi connectivity index (χ1n) is 10.7. The predicted octanol–water partition coefficient (Wildman–Crippen LogP) is 1.73. The van der Waals surface area contributed by atoms with Gasteiger partial charge in [-0.1, -0.05) is 38.8 Å². The Kier molecular flexibility index (Phi) is 7.00. The Balaban J connectivity index is 1.47. The Labute approximate surface area is 164 Å². The predicted molar refractivity (Wildman–Crippen MR) is 109 cm³/mol. The highest BCUT2D eigenvalue weighted by Crippen LogP contribution is 2.29. The second kappa shape index (κ2) is 9.45. The monoisotopic (exact) mass is 374 g/mol. The normalized spacial score (nSPS) is 26.6. The van der Waals surface area contributed by atoms with E-state index in [2.05, 4.69) is 36.2 Å². The zero-order valence-electron chi connectivity index (χ0n) is 17.2. The van der Waals surface area contributed by atoms with Crippen molar-refractivity contribution in [3.63, 3.8) is 0 Å². The van der Waals surface area contributed by atoms with Gasteiger partial charge in [0.05, 0.1) is 38.5 Å². The zero-order chi connectivity index (χ0) is 19.2. The number of para-hydroxylation sites is 2. The molecule has 1 saturated heterocycles. The van der Waals surface area contributed by atoms with Crippen LogP contribution in [0.1, 0.15) is 40.0 Å². The number of anilines is 1. The topological polar surface area (TPSA) is 46.0 Å². The average Bonchev–Trinajstić information content (AvgIpc) is 2.67. The maximum absolute atomic E-state index is 12.6. The van der Waals surface area contributed by atoms with Crippen molar-refractivity contribution >= 4 is 11.6 Å². The minimum atomic E-state index is 0.221. The Morgan fingerprint density at radius 2 is 1.96 bits per heavy atom. The van der Waals surface area contributed by atoms with Crippen molar-refractivity contribution < 1.29 is 14.4 Å². The fourth-order valence-corrected chi connectivity index (χ4v) is 4.51. The van der Waals surface area contributed by atoms with Gasteiger partial charge in [0.25, 0.3) is 5.91 Å². The quantitative estimate of drug-likeness (QED) is 0.797. The lowest BCUT2D eigenvalue weighted by Gasteiger charge is -2.36. The summed E-state index contributed by atoms with van der Waals surface area (Å²) in [5.74, 6) is 2.48. The molecule has 2 aliphatic rings. The smallest absolute Gasteiger partial charge is 0.275 e. The lowest BCUT2D eigenvalue weighted by atomic mass is 9.78. The number of ether oxygens (including phenoxy) is 1. The van der Waals surface area contributed by atoms with Gasteiger partial charge in [-0.3, -0.25) is 4.79 Å². The van der Waals surface area contributed by atoms with Gasteiger partial charge in [0.15, 0.2) is 6.54 Å². The summed E-state index contributed by atoms with van der Waals surface area (Å²) >= 11 is 0. The molecule has 1 amide bonds. The van der Waals surface area contributed by atoms with Crippen molar-refractivity contribution in [3.8, 4) is 5.75 Å². The van der Waals surface area contributed by atoms with E-state index in [1.54, 1.807) is 0 Å². The highest BCUT2D eigenvalue weighted by Gasteiger charge is 2.30. The summed E-state index contributed by atoms with van der Waals surface area (Å²) in [5, 5.41) is 3.32. The molecular weight excluding hydrogens is 338 g/mol. The standard InChI is InChI=1S/C22H35N3O2/c1-4-27-21-11-6-5-10-20(21)25-14-12-24(13-15-25)16-22(26)23-19-9-7-8-17(2)18(19)3/h5-6,10-11,17-19H,4,7-9,12-16H2,1-3H3,(H,23,26)/p+1/t17-,18-,19+/m0/s1. The van der Waals surface area contributed by atoms with Gasteiger partial charge in [0.2, 0.25) is 0 Å². The van der Waals surface area contributed by atoms with Gasteiger partial charge in [0.1, 0.15) is 5.75 Å². The molecule has 5 heteroatoms. The SMILES string of the molecule is CCOc1ccccc1N1CC[NH+](CC(=O)N[C@@H]2CCC[C@H](C)[C@@H]2C)CC1. The highest BCUT2D eigenvalue weighted by molar-refractivity contribution is 5.77. The first kappa shape index (κ1) is 20.0. The first-order chi connectivity index (χ1) is 13.1. The summed E-state index contributed by atoms with van der Waals surface area (Å²) in [6.07, 6.45) is 3.67. The summed E-state index contributed by atoms with van der Waals surface area (Å²) in [5.41, 5.74) is 1.17. The third-order valence-corrected chi connectivity index (χ3v) is 6.44. The van der Waals surface area contributed by atoms with Crippen LogP contribution in [0.4, 0.5) is 5.69 Å². The van der Waals surface area contributed by atoms with Crippen molar-refractivity contribution in [2.45, 2.75) is 46.1 Å². The first-order valence-corrected chi connectivity index (χ1v) is 10.7. The van der Waals surface area contributed by atoms with Gasteiger partial charge in [-0.15, -0.1) is 0 Å². The number of rotatable bonds is 6. The summed E-state index contributed by atoms with van der Waals surface area (Å²) in [6.45, 7) is 11.8. The van der Waals surface area contributed by atoms with Gasteiger partial charge in [-0.2, -0.15) is 0 Å². The number of hydrogen-bond acceptors (Lipinski definition) is 3. The van der Waals surface area contributed by atoms with Gasteiger partial charge >= 0.3 is 0 Å². The Morgan fingerprint density at radius 1 is 1.22 bits per heavy atom. The van der Waals surface area contributed by atoms with Gasteiger partial charge in [-0.05, 0) is 37.3 Å². The third kappa shape index (κ3) is 5.16. The maximum atomic E-state index is 12.6. The molecule has 3 atom stereocenters. The molecule has 0 unspecified atom stereocenters. The van der Waals surface area contributed by atoms with E-state index in [4.69, 9.17) is 4.74 Å². The molecule has 2 fully saturated rings. The lowest BCUT2D eigenvalue weighted by molar-refractivity contribution is -0.892. The van der Waals surface area contributed by atoms with Crippen molar-refractivity contribution in [2.75, 3.05) is 44.2 Å². The summed E-state index contributed by atoms with van der Waals surface area (Å²) in [6, 6.07) is 8.62. The number of piperazine rings is 1. The molecule has 27 heavy (non-hydrogen) atoms. The van der Waals surface area contributed by atoms with Crippen molar-refractivity contribution in [1.82, 2.24) is 5.32 Å². The molecule has 0 bridgehead atoms. The number of nitrogens with zero attached hydrogens (tertiary/aromatic N) is 1. The minimum Gasteiger partial charge on any atom is -0.492 e. The van der Waals surface area contributed by atoms with Crippen LogP contribution in [0, 0.1) is 11.8 Å². The second-order valence-corrected chi connectivity index (χ2v) is 8.26. The fourth-order valence-electron chi connectivity index (χ4n) is 4.51. The van der Waals surface area contributed by atoms with Crippen LogP contribution >= 0.6 is 0 Å². The van der Waals surface area contributed by atoms with Gasteiger partial charge in [0, 0.05) is 6.04 Å². The van der Waals surface area contributed by atoms with Crippen LogP contribution in [0.3, 0.4) is 0 Å². The zero-order valence-corrected chi connectivity index (χ0v) is 17.2. The summed E-state index contributed by atoms with van der Waals surface area (Å²) in [4.78, 5) is 16.3. The fraction of sp³-hybridized carbons (Fsp3) is 0.682. The molecule has 0 radical (unpaired) electrons. The van der Waals surface area contributed by atoms with Crippen LogP contribution < -0.4 is 19.9 Å². The van der Waals surface area contributed by atoms with E-state index >= 15 is 0 Å². The average molecular weight is 375 g/mol. The molecule has 1 aromatic carbocycles. The van der Waals surface area contributed by atoms with Crippen LogP contribution in [-0.4, -0.2) is 51.3 Å². The Hall–Kier alpha value is -1.75. The van der Waals surface area contributed by atoms with Crippen molar-refractivity contribution in [3.05, 3.63) is 24.3 Å². The van der Waals surface area contributed by atoms with E-state index in [0.717, 1.165) is 38.3 Å². The van der Waals surface area contributed by atoms with Gasteiger partial charge in [-0.25, -0.2) is 0 Å². The van der Waals surface area contributed by atoms with E-state index in [1.165, 1.54) is 23.4 Å². The van der Waals surface area contributed by atoms with Crippen LogP contribution in [-0.2, 0) is 4.79 Å². The van der Waals surface area contributed by atoms with E-state index < -0.39 is 0 Å². The van der Waals surface area contributed by atoms with Crippen LogP contribution in [0.25, 0.3) is 0 Å². The van der Waals surface area contributed by atoms with E-state index in [9.17, 15) is 4.79 Å². The van der Waals surface area contributed by atoms with Crippen molar-refractivity contribution in [2.24, 2.45) is 11.8 Å². The molecule has 1 heterocycles. The summed E-state index contributed by atoms with van der Waals surface area (Å²) < 4.78 is 5.77. The molecule has 1 aromatic rings. The molecule has 0 aromatic heterocycles. The number of benzene rings is 1. The molecule has 1 saturated carbocycles. The second-order valence-electron chi connectivity index (χ2n) is 8.26. The van der Waals surface area contributed by atoms with Crippen LogP contribution in [0.2, 0.25) is 0 Å². The summed E-state index contributed by atoms with van der Waals surface area (Å²) in [7, 11) is 0. The number of carbonyl (C=O) groups excluding carboxylic acids is 1. The number of hydrogen-bond donors (Lipinski definition) is 2. The van der Waals surface area contributed by atoms with E-state index in [-0.39, 0.29) is 5.91 Å². The van der Waals surface area contributed by atoms with Crippen LogP contribution in [0.15, 0.2) is 24.3 Å². The Bertz CT molecular complexity index is 613. The van der Waals surface area contributed by atoms with E-state index in [1.807, 2.05) is 19.1 Å². The maximum Gasteiger partial charge on any atom is 0.275 e. The number of carbonyl (C=O) groups is 1. The molecule has 3 rings (SSSR count). The third-order valence-electron chi connectivity index (χ3n) is 6.44. The van der Waals surface area contributed by atoms with Crippen LogP contribution in [0.5, 0.6) is 5.75 Å². The highest BCUT2D eigenvalue weighted by atomic mass is 16.5. The lowest BCUT2D eigenvalue weighted by Crippen LogP contribution is -3.16. The molecule has 1 aliphatic carbocycles. The van der Waals surface area contributed by atoms with Gasteiger partial charge < -0.3 is 19.9 Å². The largest absolute Gasteiger partial charge is 0.492 e. The molecule has 5 nitrogen and oxygen atoms in total. The molecule has 1 aliphatic heterocycles. The molecule has 2 N–H and O–H groups in total. The minimum absolute atomic E-state index is 0.221. The number of amides is 1. The molecule has 150 valence electrons. The molecule has 0 spiro atoms. The number of quaternary nitrogens is 1. The molecular formula is C22H36N3O2+. The van der Waals surface area contributed by atoms with Crippen molar-refractivity contribution in [1.29, 1.82) is 0 Å². The van der Waals surface area contributed by atoms with E-state index in [0.29, 0.717) is 31.0 Å².